The highest BCUT2D eigenvalue weighted by Crippen LogP contribution is 2.48. The van der Waals surface area contributed by atoms with Gasteiger partial charge in [0.1, 0.15) is 18.1 Å². The SMILES string of the molecule is COc1cnc(C(=O)Nc2ccc(F)c(C34COCC3(F)COC(N)=N4)c2)cn1. The second-order valence-electron chi connectivity index (χ2n) is 6.65. The second kappa shape index (κ2) is 6.92. The number of nitrogens with zero attached hydrogens (tertiary/aromatic N) is 3. The number of amides is 1. The molecule has 11 heteroatoms. The van der Waals surface area contributed by atoms with Gasteiger partial charge in [0.05, 0.1) is 32.7 Å². The van der Waals surface area contributed by atoms with Gasteiger partial charge in [0.2, 0.25) is 5.88 Å². The number of ether oxygens (including phenoxy) is 3. The van der Waals surface area contributed by atoms with Gasteiger partial charge in [-0.05, 0) is 18.2 Å². The fraction of sp³-hybridized carbons (Fsp3) is 0.333. The maximum absolute atomic E-state index is 15.5. The van der Waals surface area contributed by atoms with Crippen molar-refractivity contribution >= 4 is 17.6 Å². The number of alkyl halides is 1. The number of aliphatic imine (C=N–C) groups is 1. The van der Waals surface area contributed by atoms with E-state index in [4.69, 9.17) is 19.9 Å². The van der Waals surface area contributed by atoms with Gasteiger partial charge in [-0.1, -0.05) is 0 Å². The number of nitrogens with one attached hydrogen (secondary N) is 1. The minimum absolute atomic E-state index is 0.0206. The van der Waals surface area contributed by atoms with Crippen LogP contribution in [0.1, 0.15) is 16.1 Å². The molecule has 2 aromatic rings. The number of methoxy groups -OCH3 is 1. The van der Waals surface area contributed by atoms with Crippen molar-refractivity contribution in [3.63, 3.8) is 0 Å². The molecule has 3 N–H and O–H groups in total. The molecule has 2 atom stereocenters. The molecule has 1 amide bonds. The predicted octanol–water partition coefficient (Wildman–Crippen LogP) is 1.16. The van der Waals surface area contributed by atoms with Crippen LogP contribution in [0.5, 0.6) is 5.88 Å². The first kappa shape index (κ1) is 19.0. The minimum Gasteiger partial charge on any atom is -0.480 e. The molecule has 2 aliphatic rings. The lowest BCUT2D eigenvalue weighted by atomic mass is 9.78. The molecule has 9 nitrogen and oxygen atoms in total. The molecule has 29 heavy (non-hydrogen) atoms. The molecular weight excluding hydrogens is 388 g/mol. The van der Waals surface area contributed by atoms with E-state index in [0.717, 1.165) is 6.07 Å². The fourth-order valence-electron chi connectivity index (χ4n) is 3.34. The van der Waals surface area contributed by atoms with Crippen molar-refractivity contribution in [2.75, 3.05) is 32.2 Å². The summed E-state index contributed by atoms with van der Waals surface area (Å²) in [6, 6.07) is 3.49. The van der Waals surface area contributed by atoms with Crippen molar-refractivity contribution in [1.29, 1.82) is 0 Å². The van der Waals surface area contributed by atoms with Gasteiger partial charge in [0, 0.05) is 11.3 Å². The van der Waals surface area contributed by atoms with Crippen LogP contribution < -0.4 is 15.8 Å². The second-order valence-corrected chi connectivity index (χ2v) is 6.65. The standard InChI is InChI=1S/C18H17F2N5O4/c1-27-14-6-22-13(5-23-14)15(26)24-10-2-3-12(19)11(4-10)18-9-28-7-17(18,20)8-29-16(21)25-18/h2-6H,7-9H2,1H3,(H2,21,25)(H,24,26). The number of anilines is 1. The van der Waals surface area contributed by atoms with Crippen LogP contribution >= 0.6 is 0 Å². The van der Waals surface area contributed by atoms with Crippen molar-refractivity contribution in [2.45, 2.75) is 11.2 Å². The van der Waals surface area contributed by atoms with Gasteiger partial charge in [0.15, 0.2) is 11.2 Å². The molecular formula is C18H17F2N5O4. The first-order valence-electron chi connectivity index (χ1n) is 8.59. The van der Waals surface area contributed by atoms with E-state index in [2.05, 4.69) is 20.3 Å². The Bertz CT molecular complexity index is 987. The number of hydrogen-bond donors (Lipinski definition) is 2. The fourth-order valence-corrected chi connectivity index (χ4v) is 3.34. The third kappa shape index (κ3) is 3.12. The average molecular weight is 405 g/mol. The van der Waals surface area contributed by atoms with Crippen LogP contribution in [-0.4, -0.2) is 54.5 Å². The summed E-state index contributed by atoms with van der Waals surface area (Å²) in [6.07, 6.45) is 2.52. The quantitative estimate of drug-likeness (QED) is 0.783. The normalized spacial score (nSPS) is 25.6. The van der Waals surface area contributed by atoms with Gasteiger partial charge in [-0.3, -0.25) is 4.79 Å². The smallest absolute Gasteiger partial charge is 0.283 e. The summed E-state index contributed by atoms with van der Waals surface area (Å²) in [5, 5.41) is 2.58. The number of hydrogen-bond acceptors (Lipinski definition) is 8. The predicted molar refractivity (Wildman–Crippen MR) is 96.8 cm³/mol. The molecule has 3 heterocycles. The lowest BCUT2D eigenvalue weighted by Gasteiger charge is -2.38. The molecule has 0 radical (unpaired) electrons. The zero-order chi connectivity index (χ0) is 20.6. The highest BCUT2D eigenvalue weighted by atomic mass is 19.1. The summed E-state index contributed by atoms with van der Waals surface area (Å²) < 4.78 is 45.4. The van der Waals surface area contributed by atoms with Crippen molar-refractivity contribution in [1.82, 2.24) is 9.97 Å². The number of carbonyl (C=O) groups excluding carboxylic acids is 1. The number of aromatic nitrogens is 2. The lowest BCUT2D eigenvalue weighted by molar-refractivity contribution is 0.00905. The molecule has 0 aliphatic carbocycles. The van der Waals surface area contributed by atoms with Crippen molar-refractivity contribution in [3.05, 3.63) is 47.7 Å². The Morgan fingerprint density at radius 2 is 2.10 bits per heavy atom. The largest absolute Gasteiger partial charge is 0.480 e. The van der Waals surface area contributed by atoms with Crippen LogP contribution in [0.15, 0.2) is 35.6 Å². The summed E-state index contributed by atoms with van der Waals surface area (Å²) >= 11 is 0. The number of amidine groups is 1. The first-order valence-corrected chi connectivity index (χ1v) is 8.59. The molecule has 0 saturated carbocycles. The highest BCUT2D eigenvalue weighted by Gasteiger charge is 2.62. The maximum Gasteiger partial charge on any atom is 0.283 e. The Kier molecular flexibility index (Phi) is 4.53. The average Bonchev–Trinajstić information content (AvgIpc) is 3.06. The zero-order valence-corrected chi connectivity index (χ0v) is 15.3. The number of fused-ring (bicyclic) bond motifs is 1. The summed E-state index contributed by atoms with van der Waals surface area (Å²) in [6.45, 7) is -0.952. The van der Waals surface area contributed by atoms with Gasteiger partial charge in [-0.25, -0.2) is 23.7 Å². The Labute approximate surface area is 163 Å². The number of carbonyl (C=O) groups is 1. The molecule has 0 spiro atoms. The third-order valence-electron chi connectivity index (χ3n) is 4.87. The van der Waals surface area contributed by atoms with E-state index in [9.17, 15) is 9.18 Å². The summed E-state index contributed by atoms with van der Waals surface area (Å²) in [7, 11) is 1.42. The molecule has 0 bridgehead atoms. The van der Waals surface area contributed by atoms with Crippen LogP contribution in [0.4, 0.5) is 14.5 Å². The number of nitrogens with two attached hydrogens (primary N) is 1. The van der Waals surface area contributed by atoms with Gasteiger partial charge in [-0.15, -0.1) is 0 Å². The van der Waals surface area contributed by atoms with Crippen LogP contribution in [0.25, 0.3) is 0 Å². The Morgan fingerprint density at radius 3 is 2.83 bits per heavy atom. The molecule has 1 saturated heterocycles. The highest BCUT2D eigenvalue weighted by molar-refractivity contribution is 6.02. The topological polar surface area (TPSA) is 121 Å². The van der Waals surface area contributed by atoms with Crippen molar-refractivity contribution < 1.29 is 27.8 Å². The van der Waals surface area contributed by atoms with E-state index in [1.807, 2.05) is 0 Å². The Hall–Kier alpha value is -3.34. The van der Waals surface area contributed by atoms with E-state index in [1.54, 1.807) is 0 Å². The zero-order valence-electron chi connectivity index (χ0n) is 15.3. The summed E-state index contributed by atoms with van der Waals surface area (Å²) in [5.74, 6) is -1.04. The first-order chi connectivity index (χ1) is 13.9. The van der Waals surface area contributed by atoms with E-state index in [1.165, 1.54) is 31.6 Å². The van der Waals surface area contributed by atoms with Crippen LogP contribution in [-0.2, 0) is 15.0 Å². The molecule has 4 rings (SSSR count). The van der Waals surface area contributed by atoms with Gasteiger partial charge in [0.25, 0.3) is 11.9 Å². The van der Waals surface area contributed by atoms with E-state index in [0.29, 0.717) is 0 Å². The lowest BCUT2D eigenvalue weighted by Crippen LogP contribution is -2.55. The van der Waals surface area contributed by atoms with Crippen molar-refractivity contribution in [3.8, 4) is 5.88 Å². The van der Waals surface area contributed by atoms with Crippen LogP contribution in [0, 0.1) is 5.82 Å². The maximum atomic E-state index is 15.5. The van der Waals surface area contributed by atoms with E-state index in [-0.39, 0.29) is 42.1 Å². The number of halogens is 2. The van der Waals surface area contributed by atoms with Gasteiger partial charge < -0.3 is 25.3 Å². The third-order valence-corrected chi connectivity index (χ3v) is 4.87. The molecule has 1 aromatic heterocycles. The molecule has 2 aliphatic heterocycles. The number of benzene rings is 1. The van der Waals surface area contributed by atoms with E-state index < -0.39 is 29.5 Å². The number of rotatable bonds is 4. The summed E-state index contributed by atoms with van der Waals surface area (Å²) in [5.41, 5.74) is 1.97. The van der Waals surface area contributed by atoms with Gasteiger partial charge >= 0.3 is 0 Å². The molecule has 152 valence electrons. The minimum atomic E-state index is -2.10. The van der Waals surface area contributed by atoms with E-state index >= 15 is 4.39 Å². The Morgan fingerprint density at radius 1 is 1.28 bits per heavy atom. The molecule has 1 fully saturated rings. The van der Waals surface area contributed by atoms with Crippen molar-refractivity contribution in [2.24, 2.45) is 10.7 Å². The Balaban J connectivity index is 1.67. The molecule has 1 aromatic carbocycles. The van der Waals surface area contributed by atoms with Crippen LogP contribution in [0.3, 0.4) is 0 Å². The van der Waals surface area contributed by atoms with Crippen LogP contribution in [0.2, 0.25) is 0 Å². The molecule has 2 unspecified atom stereocenters. The monoisotopic (exact) mass is 405 g/mol. The summed E-state index contributed by atoms with van der Waals surface area (Å²) in [4.78, 5) is 24.3. The van der Waals surface area contributed by atoms with Gasteiger partial charge in [-0.2, -0.15) is 0 Å².